The minimum Gasteiger partial charge on any atom is -0.264 e. The van der Waals surface area contributed by atoms with E-state index in [-0.39, 0.29) is 16.9 Å². The first kappa shape index (κ1) is 9.89. The molecule has 0 saturated heterocycles. The maximum absolute atomic E-state index is 11.0. The van der Waals surface area contributed by atoms with Gasteiger partial charge in [-0.3, -0.25) is 10.1 Å². The van der Waals surface area contributed by atoms with Gasteiger partial charge in [0.25, 0.3) is 0 Å². The van der Waals surface area contributed by atoms with Crippen LogP contribution in [0.5, 0.6) is 0 Å². The second-order valence-electron chi connectivity index (χ2n) is 5.62. The molecule has 0 aliphatic heterocycles. The van der Waals surface area contributed by atoms with Crippen LogP contribution in [0.4, 0.5) is 0 Å². The Kier molecular flexibility index (Phi) is 2.06. The van der Waals surface area contributed by atoms with Crippen LogP contribution in [-0.2, 0) is 0 Å². The number of hydrogen-bond donors (Lipinski definition) is 0. The van der Waals surface area contributed by atoms with Gasteiger partial charge in [-0.05, 0) is 12.3 Å². The third-order valence-corrected chi connectivity index (χ3v) is 6.43. The van der Waals surface area contributed by atoms with Gasteiger partial charge in [-0.15, -0.1) is 0 Å². The molecule has 0 aromatic rings. The van der Waals surface area contributed by atoms with E-state index in [1.165, 1.54) is 0 Å². The Morgan fingerprint density at radius 2 is 1.86 bits per heavy atom. The largest absolute Gasteiger partial charge is 0.264 e. The summed E-state index contributed by atoms with van der Waals surface area (Å²) in [6, 6.07) is -0.281. The molecule has 14 heavy (non-hydrogen) atoms. The summed E-state index contributed by atoms with van der Waals surface area (Å²) in [7, 11) is -1.40. The number of rotatable bonds is 2. The summed E-state index contributed by atoms with van der Waals surface area (Å²) in [6.07, 6.45) is 5.31. The summed E-state index contributed by atoms with van der Waals surface area (Å²) in [4.78, 5) is 11.0. The van der Waals surface area contributed by atoms with Gasteiger partial charge in [0, 0.05) is 16.4 Å². The third kappa shape index (κ3) is 1.32. The molecule has 1 fully saturated rings. The average molecular weight is 211 g/mol. The first-order chi connectivity index (χ1) is 6.41. The van der Waals surface area contributed by atoms with Gasteiger partial charge in [0.05, 0.1) is 8.07 Å². The molecule has 0 spiro atoms. The topological polar surface area (TPSA) is 43.1 Å². The number of allylic oxidation sites excluding steroid dienone is 1. The molecule has 2 rings (SSSR count). The summed E-state index contributed by atoms with van der Waals surface area (Å²) in [5.41, 5.74) is 0.354. The summed E-state index contributed by atoms with van der Waals surface area (Å²) >= 11 is 0. The van der Waals surface area contributed by atoms with Crippen molar-refractivity contribution in [1.29, 1.82) is 0 Å². The highest BCUT2D eigenvalue weighted by Crippen LogP contribution is 2.52. The van der Waals surface area contributed by atoms with E-state index in [1.807, 2.05) is 0 Å². The smallest absolute Gasteiger partial charge is 0.220 e. The van der Waals surface area contributed by atoms with E-state index >= 15 is 0 Å². The molecule has 0 unspecified atom stereocenters. The Labute approximate surface area is 85.4 Å². The molecule has 0 heterocycles. The summed E-state index contributed by atoms with van der Waals surface area (Å²) in [5.74, 6) is 0.730. The second kappa shape index (κ2) is 2.92. The van der Waals surface area contributed by atoms with Crippen molar-refractivity contribution >= 4 is 8.07 Å². The van der Waals surface area contributed by atoms with Gasteiger partial charge >= 0.3 is 0 Å². The van der Waals surface area contributed by atoms with Crippen LogP contribution in [0, 0.1) is 22.0 Å². The highest BCUT2D eigenvalue weighted by Gasteiger charge is 2.56. The van der Waals surface area contributed by atoms with Gasteiger partial charge in [-0.25, -0.2) is 0 Å². The first-order valence-electron chi connectivity index (χ1n) is 5.23. The van der Waals surface area contributed by atoms with Crippen LogP contribution in [0.2, 0.25) is 25.2 Å². The van der Waals surface area contributed by atoms with Crippen LogP contribution in [0.1, 0.15) is 6.42 Å². The molecule has 2 aliphatic rings. The van der Waals surface area contributed by atoms with Crippen molar-refractivity contribution in [3.63, 3.8) is 0 Å². The van der Waals surface area contributed by atoms with Crippen LogP contribution >= 0.6 is 0 Å². The Morgan fingerprint density at radius 1 is 1.29 bits per heavy atom. The molecule has 0 radical (unpaired) electrons. The van der Waals surface area contributed by atoms with E-state index < -0.39 is 8.07 Å². The van der Waals surface area contributed by atoms with Gasteiger partial charge in [-0.1, -0.05) is 31.8 Å². The summed E-state index contributed by atoms with van der Waals surface area (Å²) in [5, 5.41) is 11.0. The third-order valence-electron chi connectivity index (χ3n) is 3.66. The zero-order valence-corrected chi connectivity index (χ0v) is 9.93. The van der Waals surface area contributed by atoms with Crippen molar-refractivity contribution in [2.24, 2.45) is 11.8 Å². The van der Waals surface area contributed by atoms with E-state index in [1.54, 1.807) is 0 Å². The fourth-order valence-electron chi connectivity index (χ4n) is 3.24. The maximum Gasteiger partial charge on any atom is 0.220 e. The highest BCUT2D eigenvalue weighted by molar-refractivity contribution is 6.77. The van der Waals surface area contributed by atoms with Gasteiger partial charge in [0.2, 0.25) is 6.04 Å². The molecule has 1 saturated carbocycles. The van der Waals surface area contributed by atoms with Crippen molar-refractivity contribution in [2.75, 3.05) is 0 Å². The monoisotopic (exact) mass is 211 g/mol. The normalized spacial score (nSPS) is 40.5. The van der Waals surface area contributed by atoms with E-state index in [0.29, 0.717) is 11.5 Å². The lowest BCUT2D eigenvalue weighted by Crippen LogP contribution is -2.42. The summed E-state index contributed by atoms with van der Waals surface area (Å²) < 4.78 is 0. The van der Waals surface area contributed by atoms with Crippen molar-refractivity contribution < 1.29 is 4.92 Å². The molecule has 2 aliphatic carbocycles. The predicted molar refractivity (Wildman–Crippen MR) is 58.6 cm³/mol. The number of fused-ring (bicyclic) bond motifs is 2. The Bertz CT molecular complexity index is 295. The average Bonchev–Trinajstić information content (AvgIpc) is 2.58. The minimum atomic E-state index is -1.40. The standard InChI is InChI=1S/C10H17NO2Si/c1-14(2,3)10-8-5-4-7(6-8)9(10)11(12)13/h4-5,7-10H,6H2,1-3H3/t7-,8+,9+,10+/m1/s1. The first-order valence-corrected chi connectivity index (χ1v) is 8.81. The van der Waals surface area contributed by atoms with Crippen LogP contribution in [0.15, 0.2) is 12.2 Å². The van der Waals surface area contributed by atoms with E-state index in [2.05, 4.69) is 31.8 Å². The molecule has 0 amide bonds. The van der Waals surface area contributed by atoms with E-state index in [9.17, 15) is 10.1 Å². The van der Waals surface area contributed by atoms with Crippen molar-refractivity contribution in [3.8, 4) is 0 Å². The fraction of sp³-hybridized carbons (Fsp3) is 0.800. The zero-order valence-electron chi connectivity index (χ0n) is 8.93. The van der Waals surface area contributed by atoms with Crippen LogP contribution in [-0.4, -0.2) is 19.0 Å². The van der Waals surface area contributed by atoms with Crippen molar-refractivity contribution in [2.45, 2.75) is 37.6 Å². The molecule has 4 atom stereocenters. The highest BCUT2D eigenvalue weighted by atomic mass is 28.3. The second-order valence-corrected chi connectivity index (χ2v) is 11.0. The molecule has 0 aromatic carbocycles. The summed E-state index contributed by atoms with van der Waals surface area (Å²) in [6.45, 7) is 6.76. The lowest BCUT2D eigenvalue weighted by Gasteiger charge is -2.31. The SMILES string of the molecule is C[Si](C)(C)[C@@H]1[C@@H]([N+](=O)[O-])[C@@H]2C=C[C@H]1C2. The van der Waals surface area contributed by atoms with Crippen LogP contribution < -0.4 is 0 Å². The molecular formula is C10H17NO2Si. The maximum atomic E-state index is 11.0. The molecule has 2 bridgehead atoms. The van der Waals surface area contributed by atoms with Crippen molar-refractivity contribution in [1.82, 2.24) is 0 Å². The lowest BCUT2D eigenvalue weighted by atomic mass is 10.0. The van der Waals surface area contributed by atoms with Crippen LogP contribution in [0.3, 0.4) is 0 Å². The molecule has 4 heteroatoms. The molecular weight excluding hydrogens is 194 g/mol. The number of nitro groups is 1. The van der Waals surface area contributed by atoms with Gasteiger partial charge in [0.15, 0.2) is 0 Å². The van der Waals surface area contributed by atoms with E-state index in [0.717, 1.165) is 6.42 Å². The minimum absolute atomic E-state index is 0.0307. The molecule has 0 N–H and O–H groups in total. The number of nitrogens with zero attached hydrogens (tertiary/aromatic N) is 1. The van der Waals surface area contributed by atoms with Gasteiger partial charge < -0.3 is 0 Å². The molecule has 78 valence electrons. The van der Waals surface area contributed by atoms with Gasteiger partial charge in [0.1, 0.15) is 0 Å². The Hall–Kier alpha value is -0.643. The molecule has 0 aromatic heterocycles. The van der Waals surface area contributed by atoms with Crippen LogP contribution in [0.25, 0.3) is 0 Å². The predicted octanol–water partition coefficient (Wildman–Crippen LogP) is 2.55. The quantitative estimate of drug-likeness (QED) is 0.305. The Morgan fingerprint density at radius 3 is 2.29 bits per heavy atom. The Balaban J connectivity index is 2.31. The van der Waals surface area contributed by atoms with Crippen molar-refractivity contribution in [3.05, 3.63) is 22.3 Å². The zero-order chi connectivity index (χ0) is 10.5. The fourth-order valence-corrected chi connectivity index (χ4v) is 6.16. The number of hydrogen-bond acceptors (Lipinski definition) is 2. The van der Waals surface area contributed by atoms with E-state index in [4.69, 9.17) is 0 Å². The van der Waals surface area contributed by atoms with Gasteiger partial charge in [-0.2, -0.15) is 0 Å². The lowest BCUT2D eigenvalue weighted by molar-refractivity contribution is -0.527. The molecule has 3 nitrogen and oxygen atoms in total.